The Morgan fingerprint density at radius 3 is 2.50 bits per heavy atom. The van der Waals surface area contributed by atoms with E-state index in [1.54, 1.807) is 64.9 Å². The van der Waals surface area contributed by atoms with E-state index in [0.29, 0.717) is 46.2 Å². The second kappa shape index (κ2) is 9.82. The molecule has 0 spiro atoms. The lowest BCUT2D eigenvalue weighted by Crippen LogP contribution is -2.44. The Hall–Kier alpha value is -4.38. The van der Waals surface area contributed by atoms with E-state index in [9.17, 15) is 14.0 Å². The molecule has 0 unspecified atom stereocenters. The number of amides is 1. The molecular weight excluding hydrogens is 585 g/mol. The molecule has 0 N–H and O–H groups in total. The molecule has 1 fully saturated rings. The number of carbonyl (C=O) groups is 1. The molecule has 44 heavy (non-hydrogen) atoms. The van der Waals surface area contributed by atoms with Crippen molar-refractivity contribution in [3.05, 3.63) is 86.6 Å². The monoisotopic (exact) mass is 617 g/mol. The van der Waals surface area contributed by atoms with Crippen molar-refractivity contribution in [2.24, 2.45) is 7.05 Å². The van der Waals surface area contributed by atoms with E-state index in [-0.39, 0.29) is 29.7 Å². The van der Waals surface area contributed by atoms with E-state index in [2.05, 4.69) is 5.10 Å². The van der Waals surface area contributed by atoms with Crippen LogP contribution < -0.4 is 5.69 Å². The third kappa shape index (κ3) is 4.28. The third-order valence-electron chi connectivity index (χ3n) is 8.62. The fourth-order valence-corrected chi connectivity index (χ4v) is 6.99. The lowest BCUT2D eigenvalue weighted by molar-refractivity contribution is 0.0124. The molecule has 2 bridgehead atoms. The van der Waals surface area contributed by atoms with Crippen LogP contribution in [0, 0.1) is 19.7 Å². The standard InChI is InChI=1S/C32H33ClFN7O3/c1-17-13-20(14-18(2)28(17)34)41-29(26-22(36-41)15-19-7-8-24(26)40(19)31(43)44-32(3,4)5)39-12-11-38(30(39)42)25-10-9-23-21(27(25)33)16-35-37(23)6/h9-14,16,19,24H,7-8,15H2,1-6H3/t19-,24+/m1/s1. The van der Waals surface area contributed by atoms with Crippen LogP contribution >= 0.6 is 11.6 Å². The molecule has 1 amide bonds. The number of aromatic nitrogens is 6. The highest BCUT2D eigenvalue weighted by Crippen LogP contribution is 2.47. The van der Waals surface area contributed by atoms with Crippen LogP contribution in [0.25, 0.3) is 28.1 Å². The summed E-state index contributed by atoms with van der Waals surface area (Å²) in [4.78, 5) is 29.6. The second-order valence-electron chi connectivity index (χ2n) is 12.7. The first-order valence-electron chi connectivity index (χ1n) is 14.6. The Balaban J connectivity index is 1.44. The van der Waals surface area contributed by atoms with Crippen LogP contribution in [0.5, 0.6) is 0 Å². The van der Waals surface area contributed by atoms with Gasteiger partial charge < -0.3 is 4.74 Å². The molecule has 10 nitrogen and oxygen atoms in total. The number of hydrogen-bond acceptors (Lipinski definition) is 5. The van der Waals surface area contributed by atoms with Crippen molar-refractivity contribution in [1.82, 2.24) is 33.6 Å². The Morgan fingerprint density at radius 2 is 1.80 bits per heavy atom. The number of ether oxygens (including phenoxy) is 1. The van der Waals surface area contributed by atoms with Crippen LogP contribution in [0.15, 0.2) is 47.7 Å². The molecule has 0 saturated carbocycles. The quantitative estimate of drug-likeness (QED) is 0.244. The first-order valence-corrected chi connectivity index (χ1v) is 15.0. The van der Waals surface area contributed by atoms with E-state index in [1.165, 1.54) is 9.13 Å². The lowest BCUT2D eigenvalue weighted by Gasteiger charge is -2.35. The van der Waals surface area contributed by atoms with Crippen LogP contribution in [-0.2, 0) is 18.2 Å². The summed E-state index contributed by atoms with van der Waals surface area (Å²) in [7, 11) is 1.83. The Bertz CT molecular complexity index is 2020. The Kier molecular flexibility index (Phi) is 6.33. The summed E-state index contributed by atoms with van der Waals surface area (Å²) in [6.07, 6.45) is 6.66. The molecule has 0 radical (unpaired) electrons. The van der Waals surface area contributed by atoms with Gasteiger partial charge in [-0.1, -0.05) is 11.6 Å². The number of benzene rings is 2. The molecule has 2 aliphatic rings. The lowest BCUT2D eigenvalue weighted by atomic mass is 9.99. The van der Waals surface area contributed by atoms with Crippen molar-refractivity contribution in [3.8, 4) is 17.2 Å². The number of halogens is 2. The van der Waals surface area contributed by atoms with Gasteiger partial charge in [0.1, 0.15) is 17.2 Å². The number of hydrogen-bond donors (Lipinski definition) is 0. The van der Waals surface area contributed by atoms with E-state index < -0.39 is 5.60 Å². The van der Waals surface area contributed by atoms with E-state index in [0.717, 1.165) is 28.6 Å². The normalized spacial score (nSPS) is 17.9. The maximum atomic E-state index is 14.7. The summed E-state index contributed by atoms with van der Waals surface area (Å²) in [5, 5.41) is 10.4. The molecule has 5 aromatic rings. The number of carbonyl (C=O) groups excluding carboxylic acids is 1. The van der Waals surface area contributed by atoms with Crippen molar-refractivity contribution >= 4 is 28.6 Å². The molecule has 5 heterocycles. The van der Waals surface area contributed by atoms with Gasteiger partial charge in [-0.25, -0.2) is 18.7 Å². The van der Waals surface area contributed by atoms with Gasteiger partial charge in [0.15, 0.2) is 0 Å². The van der Waals surface area contributed by atoms with E-state index in [4.69, 9.17) is 21.4 Å². The molecule has 228 valence electrons. The minimum Gasteiger partial charge on any atom is -0.444 e. The summed E-state index contributed by atoms with van der Waals surface area (Å²) in [6.45, 7) is 8.96. The van der Waals surface area contributed by atoms with Gasteiger partial charge in [0.2, 0.25) is 0 Å². The van der Waals surface area contributed by atoms with Gasteiger partial charge >= 0.3 is 11.8 Å². The second-order valence-corrected chi connectivity index (χ2v) is 13.1. The SMILES string of the molecule is Cc1cc(-n2nc3c(c2-n2ccn(-c4ccc5c(cnn5C)c4Cl)c2=O)[C@@H]2CC[C@H](C3)N2C(=O)OC(C)(C)C)cc(C)c1F. The maximum absolute atomic E-state index is 14.7. The number of fused-ring (bicyclic) bond motifs is 5. The first-order chi connectivity index (χ1) is 20.8. The van der Waals surface area contributed by atoms with Crippen LogP contribution in [0.2, 0.25) is 5.02 Å². The number of imidazole rings is 1. The van der Waals surface area contributed by atoms with Crippen molar-refractivity contribution in [1.29, 1.82) is 0 Å². The zero-order valence-corrected chi connectivity index (χ0v) is 26.2. The largest absolute Gasteiger partial charge is 0.444 e. The summed E-state index contributed by atoms with van der Waals surface area (Å²) in [6, 6.07) is 6.72. The zero-order chi connectivity index (χ0) is 31.2. The fraction of sp³-hybridized carbons (Fsp3) is 0.375. The molecule has 3 aromatic heterocycles. The first kappa shape index (κ1) is 28.4. The van der Waals surface area contributed by atoms with Crippen molar-refractivity contribution < 1.29 is 13.9 Å². The summed E-state index contributed by atoms with van der Waals surface area (Å²) < 4.78 is 27.0. The van der Waals surface area contributed by atoms with Gasteiger partial charge in [0, 0.05) is 42.9 Å². The van der Waals surface area contributed by atoms with Gasteiger partial charge in [-0.15, -0.1) is 0 Å². The van der Waals surface area contributed by atoms with E-state index in [1.807, 2.05) is 33.9 Å². The summed E-state index contributed by atoms with van der Waals surface area (Å²) >= 11 is 6.81. The van der Waals surface area contributed by atoms with Gasteiger partial charge in [-0.3, -0.25) is 18.7 Å². The highest BCUT2D eigenvalue weighted by molar-refractivity contribution is 6.37. The molecular formula is C32H33ClFN7O3. The average Bonchev–Trinajstić information content (AvgIpc) is 3.70. The van der Waals surface area contributed by atoms with Gasteiger partial charge in [-0.2, -0.15) is 10.2 Å². The third-order valence-corrected chi connectivity index (χ3v) is 9.01. The maximum Gasteiger partial charge on any atom is 0.411 e. The predicted molar refractivity (Wildman–Crippen MR) is 165 cm³/mol. The smallest absolute Gasteiger partial charge is 0.411 e. The van der Waals surface area contributed by atoms with Crippen molar-refractivity contribution in [3.63, 3.8) is 0 Å². The molecule has 0 aliphatic carbocycles. The molecule has 2 aromatic carbocycles. The average molecular weight is 618 g/mol. The minimum absolute atomic E-state index is 0.0680. The molecule has 7 rings (SSSR count). The van der Waals surface area contributed by atoms with Gasteiger partial charge in [-0.05, 0) is 82.9 Å². The molecule has 1 saturated heterocycles. The van der Waals surface area contributed by atoms with Gasteiger partial charge in [0.25, 0.3) is 0 Å². The topological polar surface area (TPSA) is 92.1 Å². The van der Waals surface area contributed by atoms with E-state index >= 15 is 0 Å². The number of nitrogens with zero attached hydrogens (tertiary/aromatic N) is 7. The highest BCUT2D eigenvalue weighted by Gasteiger charge is 2.48. The minimum atomic E-state index is -0.657. The van der Waals surface area contributed by atoms with Crippen molar-refractivity contribution in [2.75, 3.05) is 0 Å². The fourth-order valence-electron chi connectivity index (χ4n) is 6.69. The number of rotatable bonds is 3. The zero-order valence-electron chi connectivity index (χ0n) is 25.4. The van der Waals surface area contributed by atoms with Crippen LogP contribution in [0.3, 0.4) is 0 Å². The Morgan fingerprint density at radius 1 is 1.09 bits per heavy atom. The van der Waals surface area contributed by atoms with Crippen LogP contribution in [-0.4, -0.2) is 51.3 Å². The molecule has 12 heteroatoms. The summed E-state index contributed by atoms with van der Waals surface area (Å²) in [5.41, 5.74) is 3.50. The van der Waals surface area contributed by atoms with Crippen LogP contribution in [0.1, 0.15) is 62.0 Å². The molecule has 2 aliphatic heterocycles. The summed E-state index contributed by atoms with van der Waals surface area (Å²) in [5.74, 6) is 0.220. The highest BCUT2D eigenvalue weighted by atomic mass is 35.5. The van der Waals surface area contributed by atoms with Crippen LogP contribution in [0.4, 0.5) is 9.18 Å². The predicted octanol–water partition coefficient (Wildman–Crippen LogP) is 6.11. The van der Waals surface area contributed by atoms with Crippen molar-refractivity contribution in [2.45, 2.75) is 71.6 Å². The molecule has 2 atom stereocenters. The number of aryl methyl sites for hydroxylation is 3. The Labute approximate surface area is 258 Å². The van der Waals surface area contributed by atoms with Gasteiger partial charge in [0.05, 0.1) is 39.8 Å².